The van der Waals surface area contributed by atoms with Crippen LogP contribution in [0.25, 0.3) is 0 Å². The molecule has 1 heterocycles. The van der Waals surface area contributed by atoms with Gasteiger partial charge in [0, 0.05) is 21.8 Å². The minimum absolute atomic E-state index is 0.0195. The smallest absolute Gasteiger partial charge is 0.192 e. The highest BCUT2D eigenvalue weighted by Gasteiger charge is 2.09. The molecular formula is C13H13ClN4OS. The Morgan fingerprint density at radius 3 is 2.45 bits per heavy atom. The molecule has 2 rings (SSSR count). The first-order valence-electron chi connectivity index (χ1n) is 5.77. The molecule has 104 valence electrons. The first kappa shape index (κ1) is 14.6. The van der Waals surface area contributed by atoms with Crippen LogP contribution in [-0.2, 0) is 0 Å². The second kappa shape index (κ2) is 6.11. The molecular weight excluding hydrogens is 296 g/mol. The molecule has 0 atom stereocenters. The first-order valence-corrected chi connectivity index (χ1v) is 6.96. The van der Waals surface area contributed by atoms with Crippen LogP contribution in [0.2, 0.25) is 5.02 Å². The zero-order valence-corrected chi connectivity index (χ0v) is 12.5. The Morgan fingerprint density at radius 2 is 1.90 bits per heavy atom. The molecule has 0 saturated carbocycles. The summed E-state index contributed by atoms with van der Waals surface area (Å²) in [6.45, 7) is 3.84. The highest BCUT2D eigenvalue weighted by molar-refractivity contribution is 7.99. The van der Waals surface area contributed by atoms with Crippen molar-refractivity contribution < 1.29 is 5.21 Å². The molecule has 0 bridgehead atoms. The molecule has 0 saturated heterocycles. The lowest BCUT2D eigenvalue weighted by Gasteiger charge is -2.06. The number of hydrogen-bond acceptors (Lipinski definition) is 5. The van der Waals surface area contributed by atoms with E-state index in [2.05, 4.69) is 15.1 Å². The summed E-state index contributed by atoms with van der Waals surface area (Å²) >= 11 is 7.56. The molecule has 0 amide bonds. The largest absolute Gasteiger partial charge is 0.409 e. The van der Waals surface area contributed by atoms with Crippen LogP contribution in [0, 0.1) is 13.8 Å². The summed E-state index contributed by atoms with van der Waals surface area (Å²) in [7, 11) is 0. The van der Waals surface area contributed by atoms with Crippen molar-refractivity contribution in [3.63, 3.8) is 0 Å². The van der Waals surface area contributed by atoms with Crippen molar-refractivity contribution in [3.05, 3.63) is 46.2 Å². The van der Waals surface area contributed by atoms with Gasteiger partial charge >= 0.3 is 0 Å². The lowest BCUT2D eigenvalue weighted by atomic mass is 10.2. The SMILES string of the molecule is Cc1cc(C)nc(Sc2ccc(C(N)=NO)cc2Cl)n1. The molecule has 0 radical (unpaired) electrons. The lowest BCUT2D eigenvalue weighted by molar-refractivity contribution is 0.318. The fourth-order valence-corrected chi connectivity index (χ4v) is 2.80. The van der Waals surface area contributed by atoms with Gasteiger partial charge in [-0.2, -0.15) is 0 Å². The fourth-order valence-electron chi connectivity index (χ4n) is 1.64. The Morgan fingerprint density at radius 1 is 1.25 bits per heavy atom. The van der Waals surface area contributed by atoms with Gasteiger partial charge in [-0.3, -0.25) is 0 Å². The number of oxime groups is 1. The number of hydrogen-bond donors (Lipinski definition) is 2. The third-order valence-electron chi connectivity index (χ3n) is 2.50. The van der Waals surface area contributed by atoms with Crippen LogP contribution in [-0.4, -0.2) is 21.0 Å². The maximum absolute atomic E-state index is 8.64. The summed E-state index contributed by atoms with van der Waals surface area (Å²) in [5.41, 5.74) is 7.89. The fraction of sp³-hybridized carbons (Fsp3) is 0.154. The van der Waals surface area contributed by atoms with Crippen molar-refractivity contribution in [2.45, 2.75) is 23.9 Å². The van der Waals surface area contributed by atoms with E-state index in [4.69, 9.17) is 22.5 Å². The van der Waals surface area contributed by atoms with Gasteiger partial charge in [-0.05, 0) is 49.9 Å². The molecule has 5 nitrogen and oxygen atoms in total. The van der Waals surface area contributed by atoms with Gasteiger partial charge in [0.2, 0.25) is 0 Å². The van der Waals surface area contributed by atoms with Gasteiger partial charge in [0.25, 0.3) is 0 Å². The standard InChI is InChI=1S/C13H13ClN4OS/c1-7-5-8(2)17-13(16-7)20-11-4-3-9(6-10(11)14)12(15)18-19/h3-6,19H,1-2H3,(H2,15,18). The molecule has 0 spiro atoms. The van der Waals surface area contributed by atoms with Gasteiger partial charge in [-0.1, -0.05) is 16.8 Å². The lowest BCUT2D eigenvalue weighted by Crippen LogP contribution is -2.12. The molecule has 0 aliphatic carbocycles. The first-order chi connectivity index (χ1) is 9.49. The number of amidine groups is 1. The minimum atomic E-state index is 0.0195. The molecule has 0 aliphatic heterocycles. The number of benzene rings is 1. The summed E-state index contributed by atoms with van der Waals surface area (Å²) in [4.78, 5) is 9.51. The van der Waals surface area contributed by atoms with Crippen molar-refractivity contribution in [1.82, 2.24) is 9.97 Å². The Balaban J connectivity index is 2.30. The number of halogens is 1. The Labute approximate surface area is 125 Å². The van der Waals surface area contributed by atoms with E-state index in [1.807, 2.05) is 19.9 Å². The summed E-state index contributed by atoms with van der Waals surface area (Å²) in [6, 6.07) is 7.07. The molecule has 2 aromatic rings. The molecule has 0 aliphatic rings. The molecule has 1 aromatic carbocycles. The number of aromatic nitrogens is 2. The number of nitrogens with two attached hydrogens (primary N) is 1. The van der Waals surface area contributed by atoms with E-state index in [0.717, 1.165) is 16.3 Å². The van der Waals surface area contributed by atoms with Crippen LogP contribution in [0.4, 0.5) is 0 Å². The van der Waals surface area contributed by atoms with E-state index in [1.54, 1.807) is 18.2 Å². The molecule has 0 fully saturated rings. The van der Waals surface area contributed by atoms with E-state index >= 15 is 0 Å². The molecule has 20 heavy (non-hydrogen) atoms. The van der Waals surface area contributed by atoms with Crippen molar-refractivity contribution >= 4 is 29.2 Å². The molecule has 0 unspecified atom stereocenters. The van der Waals surface area contributed by atoms with Gasteiger partial charge in [0.1, 0.15) is 0 Å². The van der Waals surface area contributed by atoms with Crippen molar-refractivity contribution in [1.29, 1.82) is 0 Å². The third kappa shape index (κ3) is 3.40. The van der Waals surface area contributed by atoms with E-state index in [9.17, 15) is 0 Å². The molecule has 7 heteroatoms. The highest BCUT2D eigenvalue weighted by atomic mass is 35.5. The number of aryl methyl sites for hydroxylation is 2. The normalized spacial score (nSPS) is 11.7. The topological polar surface area (TPSA) is 84.4 Å². The Bertz CT molecular complexity index is 655. The monoisotopic (exact) mass is 308 g/mol. The van der Waals surface area contributed by atoms with Crippen LogP contribution >= 0.6 is 23.4 Å². The van der Waals surface area contributed by atoms with Crippen LogP contribution in [0.1, 0.15) is 17.0 Å². The van der Waals surface area contributed by atoms with Crippen molar-refractivity contribution in [2.24, 2.45) is 10.9 Å². The predicted molar refractivity (Wildman–Crippen MR) is 79.6 cm³/mol. The number of nitrogens with zero attached hydrogens (tertiary/aromatic N) is 3. The van der Waals surface area contributed by atoms with E-state index in [1.165, 1.54) is 11.8 Å². The van der Waals surface area contributed by atoms with Crippen LogP contribution in [0.5, 0.6) is 0 Å². The van der Waals surface area contributed by atoms with Crippen molar-refractivity contribution in [3.8, 4) is 0 Å². The Kier molecular flexibility index (Phi) is 4.46. The van der Waals surface area contributed by atoms with Gasteiger partial charge in [-0.25, -0.2) is 9.97 Å². The highest BCUT2D eigenvalue weighted by Crippen LogP contribution is 2.32. The third-order valence-corrected chi connectivity index (χ3v) is 3.86. The van der Waals surface area contributed by atoms with Crippen LogP contribution in [0.3, 0.4) is 0 Å². The van der Waals surface area contributed by atoms with E-state index < -0.39 is 0 Å². The minimum Gasteiger partial charge on any atom is -0.409 e. The quantitative estimate of drug-likeness (QED) is 0.299. The summed E-state index contributed by atoms with van der Waals surface area (Å²) in [5.74, 6) is 0.0195. The zero-order valence-electron chi connectivity index (χ0n) is 11.0. The molecule has 1 aromatic heterocycles. The van der Waals surface area contributed by atoms with Crippen molar-refractivity contribution in [2.75, 3.05) is 0 Å². The summed E-state index contributed by atoms with van der Waals surface area (Å²) in [6.07, 6.45) is 0. The predicted octanol–water partition coefficient (Wildman–Crippen LogP) is 2.99. The summed E-state index contributed by atoms with van der Waals surface area (Å²) in [5, 5.41) is 12.7. The van der Waals surface area contributed by atoms with E-state index in [0.29, 0.717) is 15.7 Å². The van der Waals surface area contributed by atoms with Gasteiger partial charge in [-0.15, -0.1) is 0 Å². The van der Waals surface area contributed by atoms with Gasteiger partial charge < -0.3 is 10.9 Å². The van der Waals surface area contributed by atoms with Gasteiger partial charge in [0.15, 0.2) is 11.0 Å². The number of rotatable bonds is 3. The maximum atomic E-state index is 8.64. The van der Waals surface area contributed by atoms with E-state index in [-0.39, 0.29) is 5.84 Å². The summed E-state index contributed by atoms with van der Waals surface area (Å²) < 4.78 is 0. The molecule has 3 N–H and O–H groups in total. The zero-order chi connectivity index (χ0) is 14.7. The average molecular weight is 309 g/mol. The second-order valence-corrected chi connectivity index (χ2v) is 5.58. The Hall–Kier alpha value is -1.79. The van der Waals surface area contributed by atoms with Crippen LogP contribution < -0.4 is 5.73 Å². The van der Waals surface area contributed by atoms with Gasteiger partial charge in [0.05, 0.1) is 5.02 Å². The average Bonchev–Trinajstić information content (AvgIpc) is 2.39. The second-order valence-electron chi connectivity index (χ2n) is 4.17. The maximum Gasteiger partial charge on any atom is 0.192 e. The van der Waals surface area contributed by atoms with Crippen LogP contribution in [0.15, 0.2) is 39.5 Å².